The number of fused-ring (bicyclic) bond motifs is 1. The molecule has 1 N–H and O–H groups in total. The van der Waals surface area contributed by atoms with E-state index in [1.807, 2.05) is 42.5 Å². The average molecular weight is 395 g/mol. The van der Waals surface area contributed by atoms with Crippen LogP contribution in [0.1, 0.15) is 25.0 Å². The Kier molecular flexibility index (Phi) is 5.24. The van der Waals surface area contributed by atoms with Gasteiger partial charge in [0.1, 0.15) is 11.3 Å². The van der Waals surface area contributed by atoms with Gasteiger partial charge in [0.2, 0.25) is 0 Å². The molecule has 0 bridgehead atoms. The number of aromatic nitrogens is 2. The number of nitrogens with zero attached hydrogens (tertiary/aromatic N) is 3. The lowest BCUT2D eigenvalue weighted by Gasteiger charge is -2.35. The number of carboxylic acid groups (broad SMARTS) is 1. The Balaban J connectivity index is 1.64. The lowest BCUT2D eigenvalue weighted by Crippen LogP contribution is -2.40. The Hall–Kier alpha value is -2.93. The van der Waals surface area contributed by atoms with Crippen LogP contribution in [0.15, 0.2) is 53.4 Å². The summed E-state index contributed by atoms with van der Waals surface area (Å²) in [6.45, 7) is 1.59. The molecular weight excluding hydrogens is 370 g/mol. The highest BCUT2D eigenvalue weighted by Gasteiger charge is 2.36. The molecule has 2 aliphatic rings. The van der Waals surface area contributed by atoms with Crippen molar-refractivity contribution in [2.45, 2.75) is 24.9 Å². The molecule has 1 fully saturated rings. The molecule has 0 spiro atoms. The predicted octanol–water partition coefficient (Wildman–Crippen LogP) is 3.05. The molecule has 0 radical (unpaired) electrons. The molecule has 1 unspecified atom stereocenters. The van der Waals surface area contributed by atoms with Crippen molar-refractivity contribution < 1.29 is 14.6 Å². The summed E-state index contributed by atoms with van der Waals surface area (Å²) >= 11 is 0. The van der Waals surface area contributed by atoms with Gasteiger partial charge in [0.05, 0.1) is 12.0 Å². The second kappa shape index (κ2) is 7.83. The third kappa shape index (κ3) is 3.70. The minimum atomic E-state index is -0.859. The second-order valence-corrected chi connectivity index (χ2v) is 7.73. The van der Waals surface area contributed by atoms with Crippen molar-refractivity contribution in [2.24, 2.45) is 13.0 Å². The molecule has 1 saturated heterocycles. The predicted molar refractivity (Wildman–Crippen MR) is 110 cm³/mol. The number of rotatable bonds is 4. The number of hydrogen-bond acceptors (Lipinski definition) is 4. The first-order valence-corrected chi connectivity index (χ1v) is 9.93. The van der Waals surface area contributed by atoms with Crippen LogP contribution in [0.3, 0.4) is 0 Å². The second-order valence-electron chi connectivity index (χ2n) is 7.73. The maximum atomic E-state index is 12.5. The van der Waals surface area contributed by atoms with Gasteiger partial charge in [-0.25, -0.2) is 9.48 Å². The summed E-state index contributed by atoms with van der Waals surface area (Å²) in [7, 11) is 1.66. The highest BCUT2D eigenvalue weighted by atomic mass is 16.5. The van der Waals surface area contributed by atoms with Crippen molar-refractivity contribution in [3.8, 4) is 0 Å². The Morgan fingerprint density at radius 1 is 1.24 bits per heavy atom. The molecule has 0 saturated carbocycles. The van der Waals surface area contributed by atoms with Crippen LogP contribution in [-0.4, -0.2) is 45.6 Å². The molecule has 7 heteroatoms. The minimum absolute atomic E-state index is 0.129. The number of likely N-dealkylation sites (tertiary alicyclic amines) is 1. The van der Waals surface area contributed by atoms with Gasteiger partial charge in [-0.05, 0) is 30.9 Å². The summed E-state index contributed by atoms with van der Waals surface area (Å²) in [6, 6.07) is 7.50. The van der Waals surface area contributed by atoms with Crippen LogP contribution in [0.2, 0.25) is 0 Å². The average Bonchev–Trinajstić information content (AvgIpc) is 2.76. The fourth-order valence-electron chi connectivity index (χ4n) is 4.12. The van der Waals surface area contributed by atoms with Gasteiger partial charge in [-0.1, -0.05) is 36.4 Å². The highest BCUT2D eigenvalue weighted by Crippen LogP contribution is 2.37. The molecule has 152 valence electrons. The number of allylic oxidation sites excluding steroid dienone is 2. The Morgan fingerprint density at radius 2 is 1.97 bits per heavy atom. The monoisotopic (exact) mass is 395 g/mol. The lowest BCUT2D eigenvalue weighted by atomic mass is 9.88. The molecule has 7 nitrogen and oxygen atoms in total. The van der Waals surface area contributed by atoms with Crippen LogP contribution in [0.4, 0.5) is 4.79 Å². The smallest absolute Gasteiger partial charge is 0.407 e. The molecule has 1 aliphatic carbocycles. The van der Waals surface area contributed by atoms with Gasteiger partial charge in [0.25, 0.3) is 5.56 Å². The standard InChI is InChI=1S/C22H25N3O4/c1-24-20(26)18-8-4-3-7-17(18)19(23-24)22(11-5-2-6-12-22)29-15-16-9-13-25(14-10-16)21(27)28/h2-8,11,16H,9-10,12-15H2,1H3,(H,27,28). The first-order chi connectivity index (χ1) is 14.0. The number of ether oxygens (including phenoxy) is 1. The van der Waals surface area contributed by atoms with E-state index in [0.29, 0.717) is 37.4 Å². The maximum absolute atomic E-state index is 12.5. The van der Waals surface area contributed by atoms with Gasteiger partial charge in [0.15, 0.2) is 0 Å². The van der Waals surface area contributed by atoms with E-state index in [1.54, 1.807) is 7.05 Å². The van der Waals surface area contributed by atoms with Crippen LogP contribution in [0, 0.1) is 5.92 Å². The van der Waals surface area contributed by atoms with E-state index in [1.165, 1.54) is 9.58 Å². The first kappa shape index (κ1) is 19.4. The third-order valence-electron chi connectivity index (χ3n) is 5.85. The molecule has 1 amide bonds. The summed E-state index contributed by atoms with van der Waals surface area (Å²) < 4.78 is 7.89. The van der Waals surface area contributed by atoms with Crippen molar-refractivity contribution in [1.82, 2.24) is 14.7 Å². The summed E-state index contributed by atoms with van der Waals surface area (Å²) in [5, 5.41) is 15.2. The third-order valence-corrected chi connectivity index (χ3v) is 5.85. The molecule has 2 heterocycles. The van der Waals surface area contributed by atoms with Gasteiger partial charge in [0, 0.05) is 31.9 Å². The highest BCUT2D eigenvalue weighted by molar-refractivity contribution is 5.84. The van der Waals surface area contributed by atoms with Crippen LogP contribution < -0.4 is 5.56 Å². The molecular formula is C22H25N3O4. The van der Waals surface area contributed by atoms with Gasteiger partial charge in [-0.15, -0.1) is 0 Å². The van der Waals surface area contributed by atoms with Crippen LogP contribution in [0.25, 0.3) is 10.8 Å². The molecule has 1 aromatic heterocycles. The Bertz CT molecular complexity index is 1030. The lowest BCUT2D eigenvalue weighted by molar-refractivity contribution is -0.0412. The van der Waals surface area contributed by atoms with Crippen molar-refractivity contribution in [3.63, 3.8) is 0 Å². The van der Waals surface area contributed by atoms with E-state index in [4.69, 9.17) is 9.84 Å². The van der Waals surface area contributed by atoms with Crippen LogP contribution in [0.5, 0.6) is 0 Å². The largest absolute Gasteiger partial charge is 0.465 e. The summed E-state index contributed by atoms with van der Waals surface area (Å²) in [6.07, 6.45) is 9.34. The van der Waals surface area contributed by atoms with Gasteiger partial charge >= 0.3 is 6.09 Å². The summed E-state index contributed by atoms with van der Waals surface area (Å²) in [4.78, 5) is 25.1. The van der Waals surface area contributed by atoms with Crippen molar-refractivity contribution in [3.05, 3.63) is 64.6 Å². The maximum Gasteiger partial charge on any atom is 0.407 e. The van der Waals surface area contributed by atoms with E-state index in [2.05, 4.69) is 11.2 Å². The quantitative estimate of drug-likeness (QED) is 0.860. The molecule has 1 atom stereocenters. The van der Waals surface area contributed by atoms with Crippen LogP contribution >= 0.6 is 0 Å². The normalized spacial score (nSPS) is 22.3. The summed E-state index contributed by atoms with van der Waals surface area (Å²) in [5.41, 5.74) is -0.140. The van der Waals surface area contributed by atoms with Crippen molar-refractivity contribution in [2.75, 3.05) is 19.7 Å². The van der Waals surface area contributed by atoms with Gasteiger partial charge in [-0.3, -0.25) is 4.79 Å². The SMILES string of the molecule is Cn1nc(C2(OCC3CCN(C(=O)O)CC3)C=CC=CC2)c2ccccc2c1=O. The molecule has 1 aromatic carbocycles. The van der Waals surface area contributed by atoms with E-state index >= 15 is 0 Å². The van der Waals surface area contributed by atoms with Gasteiger partial charge in [-0.2, -0.15) is 5.10 Å². The zero-order valence-electron chi connectivity index (χ0n) is 16.5. The molecule has 29 heavy (non-hydrogen) atoms. The number of benzene rings is 1. The fourth-order valence-corrected chi connectivity index (χ4v) is 4.12. The Morgan fingerprint density at radius 3 is 2.62 bits per heavy atom. The zero-order chi connectivity index (χ0) is 20.4. The zero-order valence-corrected chi connectivity index (χ0v) is 16.5. The van der Waals surface area contributed by atoms with E-state index < -0.39 is 11.7 Å². The van der Waals surface area contributed by atoms with E-state index in [0.717, 1.165) is 23.9 Å². The topological polar surface area (TPSA) is 84.7 Å². The molecule has 4 rings (SSSR count). The minimum Gasteiger partial charge on any atom is -0.465 e. The van der Waals surface area contributed by atoms with E-state index in [-0.39, 0.29) is 5.56 Å². The number of piperidine rings is 1. The summed E-state index contributed by atoms with van der Waals surface area (Å²) in [5.74, 6) is 0.292. The fraction of sp³-hybridized carbons (Fsp3) is 0.409. The Labute approximate surface area is 168 Å². The molecule has 1 aliphatic heterocycles. The first-order valence-electron chi connectivity index (χ1n) is 9.93. The number of carbonyl (C=O) groups is 1. The van der Waals surface area contributed by atoms with Gasteiger partial charge < -0.3 is 14.7 Å². The van der Waals surface area contributed by atoms with Crippen molar-refractivity contribution in [1.29, 1.82) is 0 Å². The number of amides is 1. The van der Waals surface area contributed by atoms with Crippen molar-refractivity contribution >= 4 is 16.9 Å². The van der Waals surface area contributed by atoms with E-state index in [9.17, 15) is 9.59 Å². The number of hydrogen-bond donors (Lipinski definition) is 1. The number of aryl methyl sites for hydroxylation is 1. The van der Waals surface area contributed by atoms with Crippen LogP contribution in [-0.2, 0) is 17.4 Å². The molecule has 2 aromatic rings.